The van der Waals surface area contributed by atoms with E-state index >= 15 is 0 Å². The number of rotatable bonds is 8. The average molecular weight is 323 g/mol. The van der Waals surface area contributed by atoms with E-state index in [0.717, 1.165) is 32.1 Å². The van der Waals surface area contributed by atoms with Gasteiger partial charge in [-0.1, -0.05) is 24.4 Å². The third kappa shape index (κ3) is 6.99. The molecule has 1 aliphatic rings. The normalized spacial score (nSPS) is 16.5. The van der Waals surface area contributed by atoms with Gasteiger partial charge >= 0.3 is 0 Å². The molecular weight excluding hydrogens is 294 g/mol. The highest BCUT2D eigenvalue weighted by molar-refractivity contribution is 5.79. The summed E-state index contributed by atoms with van der Waals surface area (Å²) in [7, 11) is 0. The van der Waals surface area contributed by atoms with Crippen molar-refractivity contribution in [1.29, 1.82) is 0 Å². The Morgan fingerprint density at radius 3 is 2.83 bits per heavy atom. The molecule has 0 aromatic carbocycles. The molecule has 0 saturated heterocycles. The summed E-state index contributed by atoms with van der Waals surface area (Å²) in [5.74, 6) is 1.93. The molecule has 1 aliphatic carbocycles. The highest BCUT2D eigenvalue weighted by Crippen LogP contribution is 2.20. The minimum atomic E-state index is 0.384. The number of nitrogens with one attached hydrogen (secondary N) is 2. The monoisotopic (exact) mass is 323 g/mol. The van der Waals surface area contributed by atoms with Crippen molar-refractivity contribution in [3.05, 3.63) is 11.7 Å². The lowest BCUT2D eigenvalue weighted by Gasteiger charge is -2.22. The average Bonchev–Trinajstić information content (AvgIpc) is 2.98. The lowest BCUT2D eigenvalue weighted by Crippen LogP contribution is -2.38. The molecule has 0 atom stereocenters. The first-order valence-electron chi connectivity index (χ1n) is 8.71. The maximum Gasteiger partial charge on any atom is 0.248 e. The van der Waals surface area contributed by atoms with Crippen molar-refractivity contribution >= 4 is 5.96 Å². The Hall–Kier alpha value is -1.63. The van der Waals surface area contributed by atoms with Gasteiger partial charge in [0, 0.05) is 19.7 Å². The van der Waals surface area contributed by atoms with Crippen LogP contribution in [0, 0.1) is 6.92 Å². The Labute approximate surface area is 138 Å². The first kappa shape index (κ1) is 17.7. The summed E-state index contributed by atoms with van der Waals surface area (Å²) in [6, 6.07) is 0. The zero-order valence-electron chi connectivity index (χ0n) is 14.3. The Balaban J connectivity index is 1.63. The zero-order valence-corrected chi connectivity index (χ0v) is 14.3. The topological polar surface area (TPSA) is 84.6 Å². The SMILES string of the molecule is CCNC(=NCc1nc(C)no1)NCCCOC1CCCCC1. The van der Waals surface area contributed by atoms with Gasteiger partial charge in [0.05, 0.1) is 6.10 Å². The number of aliphatic imine (C=N–C) groups is 1. The fraction of sp³-hybridized carbons (Fsp3) is 0.812. The summed E-state index contributed by atoms with van der Waals surface area (Å²) in [6.07, 6.45) is 7.89. The largest absolute Gasteiger partial charge is 0.378 e. The molecule has 7 nitrogen and oxygen atoms in total. The van der Waals surface area contributed by atoms with Crippen LogP contribution >= 0.6 is 0 Å². The predicted octanol–water partition coefficient (Wildman–Crippen LogP) is 2.17. The van der Waals surface area contributed by atoms with Gasteiger partial charge in [0.2, 0.25) is 5.89 Å². The fourth-order valence-corrected chi connectivity index (χ4v) is 2.65. The van der Waals surface area contributed by atoms with E-state index in [1.54, 1.807) is 6.92 Å². The molecule has 1 saturated carbocycles. The minimum Gasteiger partial charge on any atom is -0.378 e. The van der Waals surface area contributed by atoms with Crippen molar-refractivity contribution in [3.63, 3.8) is 0 Å². The summed E-state index contributed by atoms with van der Waals surface area (Å²) in [5.41, 5.74) is 0. The molecule has 0 aliphatic heterocycles. The third-order valence-electron chi connectivity index (χ3n) is 3.81. The molecule has 2 N–H and O–H groups in total. The van der Waals surface area contributed by atoms with Crippen molar-refractivity contribution in [2.24, 2.45) is 4.99 Å². The van der Waals surface area contributed by atoms with Gasteiger partial charge in [-0.3, -0.25) is 0 Å². The second kappa shape index (κ2) is 10.2. The molecule has 0 amide bonds. The van der Waals surface area contributed by atoms with E-state index in [9.17, 15) is 0 Å². The first-order chi connectivity index (χ1) is 11.3. The molecule has 0 radical (unpaired) electrons. The smallest absolute Gasteiger partial charge is 0.248 e. The fourth-order valence-electron chi connectivity index (χ4n) is 2.65. The molecular formula is C16H29N5O2. The van der Waals surface area contributed by atoms with Gasteiger partial charge < -0.3 is 19.9 Å². The second-order valence-electron chi connectivity index (χ2n) is 5.84. The highest BCUT2D eigenvalue weighted by Gasteiger charge is 2.13. The van der Waals surface area contributed by atoms with Crippen LogP contribution in [0.1, 0.15) is 57.2 Å². The van der Waals surface area contributed by atoms with E-state index < -0.39 is 0 Å². The van der Waals surface area contributed by atoms with Gasteiger partial charge in [-0.15, -0.1) is 0 Å². The van der Waals surface area contributed by atoms with Gasteiger partial charge in [0.15, 0.2) is 11.8 Å². The van der Waals surface area contributed by atoms with E-state index in [1.165, 1.54) is 32.1 Å². The number of guanidine groups is 1. The Bertz CT molecular complexity index is 469. The lowest BCUT2D eigenvalue weighted by atomic mass is 9.98. The van der Waals surface area contributed by atoms with E-state index in [0.29, 0.717) is 24.4 Å². The molecule has 0 unspecified atom stereocenters. The molecule has 1 aromatic heterocycles. The second-order valence-corrected chi connectivity index (χ2v) is 5.84. The van der Waals surface area contributed by atoms with Crippen LogP contribution in [-0.2, 0) is 11.3 Å². The maximum atomic E-state index is 5.92. The maximum absolute atomic E-state index is 5.92. The molecule has 1 heterocycles. The molecule has 7 heteroatoms. The van der Waals surface area contributed by atoms with Crippen LogP contribution in [0.3, 0.4) is 0 Å². The van der Waals surface area contributed by atoms with Crippen molar-refractivity contribution in [1.82, 2.24) is 20.8 Å². The van der Waals surface area contributed by atoms with Crippen molar-refractivity contribution in [3.8, 4) is 0 Å². The van der Waals surface area contributed by atoms with Gasteiger partial charge in [0.1, 0.15) is 6.54 Å². The number of nitrogens with zero attached hydrogens (tertiary/aromatic N) is 3. The van der Waals surface area contributed by atoms with E-state index in [4.69, 9.17) is 9.26 Å². The van der Waals surface area contributed by atoms with Gasteiger partial charge in [-0.25, -0.2) is 4.99 Å². The van der Waals surface area contributed by atoms with Crippen LogP contribution in [0.15, 0.2) is 9.52 Å². The Kier molecular flexibility index (Phi) is 7.86. The van der Waals surface area contributed by atoms with Crippen molar-refractivity contribution < 1.29 is 9.26 Å². The minimum absolute atomic E-state index is 0.384. The van der Waals surface area contributed by atoms with Crippen LogP contribution in [0.5, 0.6) is 0 Å². The number of ether oxygens (including phenoxy) is 1. The number of aryl methyl sites for hydroxylation is 1. The predicted molar refractivity (Wildman–Crippen MR) is 89.3 cm³/mol. The van der Waals surface area contributed by atoms with E-state index in [-0.39, 0.29) is 0 Å². The molecule has 2 rings (SSSR count). The van der Waals surface area contributed by atoms with Gasteiger partial charge in [-0.05, 0) is 33.1 Å². The molecule has 0 bridgehead atoms. The summed E-state index contributed by atoms with van der Waals surface area (Å²) in [6.45, 7) is 6.68. The Morgan fingerprint density at radius 1 is 1.30 bits per heavy atom. The van der Waals surface area contributed by atoms with Crippen LogP contribution < -0.4 is 10.6 Å². The van der Waals surface area contributed by atoms with Gasteiger partial charge in [-0.2, -0.15) is 4.98 Å². The molecule has 23 heavy (non-hydrogen) atoms. The molecule has 130 valence electrons. The Morgan fingerprint density at radius 2 is 2.13 bits per heavy atom. The molecule has 1 aromatic rings. The van der Waals surface area contributed by atoms with E-state index in [1.807, 2.05) is 6.92 Å². The summed E-state index contributed by atoms with van der Waals surface area (Å²) < 4.78 is 11.0. The van der Waals surface area contributed by atoms with Crippen molar-refractivity contribution in [2.45, 2.75) is 65.0 Å². The molecule has 1 fully saturated rings. The number of hydrogen-bond acceptors (Lipinski definition) is 5. The van der Waals surface area contributed by atoms with Crippen LogP contribution in [0.2, 0.25) is 0 Å². The summed E-state index contributed by atoms with van der Waals surface area (Å²) in [5, 5.41) is 10.3. The molecule has 0 spiro atoms. The van der Waals surface area contributed by atoms with Crippen LogP contribution in [-0.4, -0.2) is 41.9 Å². The lowest BCUT2D eigenvalue weighted by molar-refractivity contribution is 0.0277. The third-order valence-corrected chi connectivity index (χ3v) is 3.81. The van der Waals surface area contributed by atoms with Crippen molar-refractivity contribution in [2.75, 3.05) is 19.7 Å². The number of aromatic nitrogens is 2. The summed E-state index contributed by atoms with van der Waals surface area (Å²) >= 11 is 0. The summed E-state index contributed by atoms with van der Waals surface area (Å²) in [4.78, 5) is 8.59. The standard InChI is InChI=1S/C16H29N5O2/c1-3-17-16(19-12-15-20-13(2)21-23-15)18-10-7-11-22-14-8-5-4-6-9-14/h14H,3-12H2,1-2H3,(H2,17,18,19). The zero-order chi connectivity index (χ0) is 16.3. The van der Waals surface area contributed by atoms with Crippen LogP contribution in [0.25, 0.3) is 0 Å². The van der Waals surface area contributed by atoms with Gasteiger partial charge in [0.25, 0.3) is 0 Å². The first-order valence-corrected chi connectivity index (χ1v) is 8.71. The highest BCUT2D eigenvalue weighted by atomic mass is 16.5. The number of hydrogen-bond donors (Lipinski definition) is 2. The van der Waals surface area contributed by atoms with Crippen LogP contribution in [0.4, 0.5) is 0 Å². The quantitative estimate of drug-likeness (QED) is 0.433. The van der Waals surface area contributed by atoms with E-state index in [2.05, 4.69) is 25.8 Å².